The van der Waals surface area contributed by atoms with Crippen molar-refractivity contribution in [1.82, 2.24) is 10.2 Å². The summed E-state index contributed by atoms with van der Waals surface area (Å²) in [4.78, 5) is 15.0. The molecule has 27 heavy (non-hydrogen) atoms. The number of nitrogens with zero attached hydrogens (tertiary/aromatic N) is 1. The Morgan fingerprint density at radius 3 is 2.96 bits per heavy atom. The van der Waals surface area contributed by atoms with Gasteiger partial charge in [0.05, 0.1) is 0 Å². The maximum Gasteiger partial charge on any atom is 0.260 e. The zero-order chi connectivity index (χ0) is 19.1. The zero-order valence-electron chi connectivity index (χ0n) is 17.1. The Labute approximate surface area is 164 Å². The third kappa shape index (κ3) is 5.47. The van der Waals surface area contributed by atoms with Gasteiger partial charge in [0.15, 0.2) is 6.10 Å². The molecule has 1 fully saturated rings. The summed E-state index contributed by atoms with van der Waals surface area (Å²) in [6.07, 6.45) is 10.5. The predicted molar refractivity (Wildman–Crippen MR) is 110 cm³/mol. The first kappa shape index (κ1) is 20.2. The maximum absolute atomic E-state index is 12.4. The van der Waals surface area contributed by atoms with Crippen molar-refractivity contribution in [1.29, 1.82) is 0 Å². The van der Waals surface area contributed by atoms with Crippen LogP contribution >= 0.6 is 0 Å². The topological polar surface area (TPSA) is 41.6 Å². The Hall–Kier alpha value is -1.55. The number of carbonyl (C=O) groups excluding carboxylic acids is 1. The second-order valence-corrected chi connectivity index (χ2v) is 8.10. The number of fused-ring (bicyclic) bond motifs is 1. The normalized spacial score (nSPS) is 21.3. The first-order valence-electron chi connectivity index (χ1n) is 11.0. The van der Waals surface area contributed by atoms with E-state index in [2.05, 4.69) is 23.2 Å². The monoisotopic (exact) mass is 372 g/mol. The van der Waals surface area contributed by atoms with Crippen LogP contribution in [0.15, 0.2) is 18.2 Å². The molecule has 1 amide bonds. The average molecular weight is 373 g/mol. The molecule has 2 aliphatic rings. The summed E-state index contributed by atoms with van der Waals surface area (Å²) in [6.45, 7) is 7.17. The minimum atomic E-state index is -0.447. The number of amides is 1. The van der Waals surface area contributed by atoms with Crippen LogP contribution in [0.1, 0.15) is 69.9 Å². The molecule has 150 valence electrons. The molecule has 2 atom stereocenters. The van der Waals surface area contributed by atoms with Gasteiger partial charge in [-0.05, 0) is 82.0 Å². The molecule has 1 aromatic carbocycles. The second-order valence-electron chi connectivity index (χ2n) is 8.10. The van der Waals surface area contributed by atoms with E-state index in [1.807, 2.05) is 19.1 Å². The van der Waals surface area contributed by atoms with Gasteiger partial charge < -0.3 is 15.0 Å². The van der Waals surface area contributed by atoms with Gasteiger partial charge in [0.1, 0.15) is 5.75 Å². The Morgan fingerprint density at radius 1 is 1.26 bits per heavy atom. The zero-order valence-corrected chi connectivity index (χ0v) is 17.1. The van der Waals surface area contributed by atoms with Gasteiger partial charge in [-0.25, -0.2) is 0 Å². The number of piperidine rings is 1. The summed E-state index contributed by atoms with van der Waals surface area (Å²) in [7, 11) is 0. The minimum absolute atomic E-state index is 0.00546. The van der Waals surface area contributed by atoms with Crippen LogP contribution < -0.4 is 10.1 Å². The Bertz CT molecular complexity index is 616. The molecule has 0 aromatic heterocycles. The molecule has 0 radical (unpaired) electrons. The van der Waals surface area contributed by atoms with Gasteiger partial charge in [-0.1, -0.05) is 25.5 Å². The first-order valence-corrected chi connectivity index (χ1v) is 11.0. The molecule has 1 heterocycles. The number of likely N-dealkylation sites (tertiary alicyclic amines) is 1. The fourth-order valence-corrected chi connectivity index (χ4v) is 4.55. The highest BCUT2D eigenvalue weighted by Crippen LogP contribution is 2.30. The van der Waals surface area contributed by atoms with Crippen molar-refractivity contribution in [3.63, 3.8) is 0 Å². The molecule has 4 heteroatoms. The molecule has 1 aliphatic heterocycles. The van der Waals surface area contributed by atoms with Gasteiger partial charge in [-0.2, -0.15) is 0 Å². The summed E-state index contributed by atoms with van der Waals surface area (Å²) in [5.74, 6) is 0.892. The third-order valence-corrected chi connectivity index (χ3v) is 6.17. The van der Waals surface area contributed by atoms with Gasteiger partial charge in [0.25, 0.3) is 5.91 Å². The van der Waals surface area contributed by atoms with Crippen molar-refractivity contribution < 1.29 is 9.53 Å². The van der Waals surface area contributed by atoms with Crippen molar-refractivity contribution >= 4 is 5.91 Å². The molecule has 0 spiro atoms. The number of ether oxygens (including phenoxy) is 1. The van der Waals surface area contributed by atoms with Gasteiger partial charge in [0, 0.05) is 19.1 Å². The third-order valence-electron chi connectivity index (χ3n) is 6.17. The number of hydrogen-bond acceptors (Lipinski definition) is 3. The molecule has 0 unspecified atom stereocenters. The van der Waals surface area contributed by atoms with Crippen molar-refractivity contribution in [2.24, 2.45) is 0 Å². The lowest BCUT2D eigenvalue weighted by Crippen LogP contribution is -2.41. The molecule has 1 N–H and O–H groups in total. The molecular weight excluding hydrogens is 336 g/mol. The van der Waals surface area contributed by atoms with E-state index in [1.165, 1.54) is 56.2 Å². The van der Waals surface area contributed by atoms with E-state index in [0.29, 0.717) is 0 Å². The fourth-order valence-electron chi connectivity index (χ4n) is 4.55. The van der Waals surface area contributed by atoms with Crippen LogP contribution in [0.3, 0.4) is 0 Å². The van der Waals surface area contributed by atoms with Crippen LogP contribution in [-0.2, 0) is 17.6 Å². The molecule has 1 saturated heterocycles. The molecule has 0 saturated carbocycles. The SMILES string of the molecule is CC[C@H]1CCCCN1CCCNC(=O)[C@H](C)Oc1cccc2c1CCCC2. The molecule has 1 aliphatic carbocycles. The molecule has 4 nitrogen and oxygen atoms in total. The smallest absolute Gasteiger partial charge is 0.260 e. The highest BCUT2D eigenvalue weighted by atomic mass is 16.5. The van der Waals surface area contributed by atoms with E-state index in [1.54, 1.807) is 0 Å². The standard InChI is InChI=1S/C23H36N2O2/c1-3-20-12-6-7-16-25(20)17-9-15-24-23(26)18(2)27-22-14-8-11-19-10-4-5-13-21(19)22/h8,11,14,18,20H,3-7,9-10,12-13,15-17H2,1-2H3,(H,24,26)/t18-,20-/m0/s1. The Morgan fingerprint density at radius 2 is 2.11 bits per heavy atom. The predicted octanol–water partition coefficient (Wildman–Crippen LogP) is 4.10. The molecule has 3 rings (SSSR count). The molecule has 0 bridgehead atoms. The summed E-state index contributed by atoms with van der Waals surface area (Å²) in [5.41, 5.74) is 2.69. The highest BCUT2D eigenvalue weighted by Gasteiger charge is 2.21. The quantitative estimate of drug-likeness (QED) is 0.699. The number of carbonyl (C=O) groups is 1. The Kier molecular flexibility index (Phi) is 7.57. The van der Waals surface area contributed by atoms with Gasteiger partial charge in [-0.3, -0.25) is 4.79 Å². The van der Waals surface area contributed by atoms with Crippen LogP contribution in [0.4, 0.5) is 0 Å². The highest BCUT2D eigenvalue weighted by molar-refractivity contribution is 5.80. The van der Waals surface area contributed by atoms with E-state index in [-0.39, 0.29) is 5.91 Å². The van der Waals surface area contributed by atoms with E-state index < -0.39 is 6.10 Å². The van der Waals surface area contributed by atoms with E-state index in [4.69, 9.17) is 4.74 Å². The van der Waals surface area contributed by atoms with Crippen LogP contribution in [0.25, 0.3) is 0 Å². The number of hydrogen-bond donors (Lipinski definition) is 1. The number of rotatable bonds is 8. The first-order chi connectivity index (χ1) is 13.2. The molecular formula is C23H36N2O2. The minimum Gasteiger partial charge on any atom is -0.481 e. The second kappa shape index (κ2) is 10.1. The number of nitrogens with one attached hydrogen (secondary N) is 1. The summed E-state index contributed by atoms with van der Waals surface area (Å²) in [5, 5.41) is 3.06. The van der Waals surface area contributed by atoms with E-state index in [9.17, 15) is 4.79 Å². The summed E-state index contributed by atoms with van der Waals surface area (Å²) in [6, 6.07) is 6.99. The van der Waals surface area contributed by atoms with Crippen molar-refractivity contribution in [3.8, 4) is 5.75 Å². The number of benzene rings is 1. The van der Waals surface area contributed by atoms with E-state index >= 15 is 0 Å². The van der Waals surface area contributed by atoms with Crippen molar-refractivity contribution in [2.75, 3.05) is 19.6 Å². The lowest BCUT2D eigenvalue weighted by molar-refractivity contribution is -0.127. The van der Waals surface area contributed by atoms with E-state index in [0.717, 1.165) is 44.1 Å². The lowest BCUT2D eigenvalue weighted by Gasteiger charge is -2.35. The summed E-state index contributed by atoms with van der Waals surface area (Å²) < 4.78 is 6.03. The van der Waals surface area contributed by atoms with Crippen LogP contribution in [0, 0.1) is 0 Å². The maximum atomic E-state index is 12.4. The summed E-state index contributed by atoms with van der Waals surface area (Å²) >= 11 is 0. The largest absolute Gasteiger partial charge is 0.481 e. The molecule has 1 aromatic rings. The van der Waals surface area contributed by atoms with Gasteiger partial charge >= 0.3 is 0 Å². The van der Waals surface area contributed by atoms with Crippen LogP contribution in [0.2, 0.25) is 0 Å². The van der Waals surface area contributed by atoms with Gasteiger partial charge in [-0.15, -0.1) is 0 Å². The van der Waals surface area contributed by atoms with Crippen LogP contribution in [-0.4, -0.2) is 42.6 Å². The fraction of sp³-hybridized carbons (Fsp3) is 0.696. The number of aryl methyl sites for hydroxylation is 1. The van der Waals surface area contributed by atoms with Crippen molar-refractivity contribution in [2.45, 2.75) is 83.8 Å². The van der Waals surface area contributed by atoms with Crippen LogP contribution in [0.5, 0.6) is 5.75 Å². The lowest BCUT2D eigenvalue weighted by atomic mass is 9.91. The van der Waals surface area contributed by atoms with Crippen molar-refractivity contribution in [3.05, 3.63) is 29.3 Å². The van der Waals surface area contributed by atoms with Gasteiger partial charge in [0.2, 0.25) is 0 Å². The Balaban J connectivity index is 1.42. The average Bonchev–Trinajstić information content (AvgIpc) is 2.71.